The number of morpholine rings is 1. The average Bonchev–Trinajstić information content (AvgIpc) is 3.28. The standard InChI is InChI=1S/C18H17BrClN3O3S.ClH/c19-16-4-3-14(26-16)17(24)23(6-5-22-7-9-25-10-8-22)18-21-13-2-1-12(20)11-15(13)27-18;/h1-4,11H,5-10H2;1H. The van der Waals surface area contributed by atoms with Crippen LogP contribution in [0.25, 0.3) is 10.2 Å². The highest BCUT2D eigenvalue weighted by molar-refractivity contribution is 9.10. The predicted molar refractivity (Wildman–Crippen MR) is 117 cm³/mol. The van der Waals surface area contributed by atoms with Crippen molar-refractivity contribution in [3.63, 3.8) is 0 Å². The van der Waals surface area contributed by atoms with E-state index in [1.807, 2.05) is 12.1 Å². The van der Waals surface area contributed by atoms with E-state index in [4.69, 9.17) is 20.8 Å². The largest absolute Gasteiger partial charge is 0.444 e. The molecule has 6 nitrogen and oxygen atoms in total. The fraction of sp³-hybridized carbons (Fsp3) is 0.333. The zero-order valence-corrected chi connectivity index (χ0v) is 18.7. The van der Waals surface area contributed by atoms with Gasteiger partial charge in [0.2, 0.25) is 0 Å². The van der Waals surface area contributed by atoms with Gasteiger partial charge in [0.1, 0.15) is 0 Å². The fourth-order valence-corrected chi connectivity index (χ4v) is 4.49. The van der Waals surface area contributed by atoms with Gasteiger partial charge in [-0.1, -0.05) is 22.9 Å². The van der Waals surface area contributed by atoms with Crippen LogP contribution in [0.4, 0.5) is 5.13 Å². The van der Waals surface area contributed by atoms with E-state index >= 15 is 0 Å². The van der Waals surface area contributed by atoms with Crippen LogP contribution in [0.3, 0.4) is 0 Å². The van der Waals surface area contributed by atoms with E-state index in [1.165, 1.54) is 11.3 Å². The smallest absolute Gasteiger partial charge is 0.295 e. The summed E-state index contributed by atoms with van der Waals surface area (Å²) in [7, 11) is 0. The maximum Gasteiger partial charge on any atom is 0.295 e. The minimum Gasteiger partial charge on any atom is -0.444 e. The first kappa shape index (κ1) is 21.5. The van der Waals surface area contributed by atoms with E-state index in [0.29, 0.717) is 21.4 Å². The monoisotopic (exact) mass is 505 g/mol. The Bertz CT molecular complexity index is 959. The van der Waals surface area contributed by atoms with Crippen molar-refractivity contribution in [1.29, 1.82) is 0 Å². The molecule has 3 heterocycles. The zero-order chi connectivity index (χ0) is 18.8. The maximum atomic E-state index is 13.1. The lowest BCUT2D eigenvalue weighted by atomic mass is 10.3. The third kappa shape index (κ3) is 4.87. The molecule has 1 saturated heterocycles. The summed E-state index contributed by atoms with van der Waals surface area (Å²) < 4.78 is 12.3. The van der Waals surface area contributed by atoms with Crippen LogP contribution in [0.5, 0.6) is 0 Å². The molecular formula is C18H18BrCl2N3O3S. The highest BCUT2D eigenvalue weighted by atomic mass is 79.9. The number of aromatic nitrogens is 1. The molecule has 1 aliphatic heterocycles. The molecule has 2 aromatic heterocycles. The van der Waals surface area contributed by atoms with Gasteiger partial charge in [-0.3, -0.25) is 14.6 Å². The van der Waals surface area contributed by atoms with Gasteiger partial charge in [0.15, 0.2) is 15.6 Å². The summed E-state index contributed by atoms with van der Waals surface area (Å²) >= 11 is 10.8. The number of carbonyl (C=O) groups excluding carboxylic acids is 1. The van der Waals surface area contributed by atoms with Crippen LogP contribution >= 0.6 is 51.3 Å². The van der Waals surface area contributed by atoms with Gasteiger partial charge in [-0.05, 0) is 46.3 Å². The van der Waals surface area contributed by atoms with Crippen LogP contribution in [0, 0.1) is 0 Å². The van der Waals surface area contributed by atoms with Gasteiger partial charge in [-0.2, -0.15) is 0 Å². The zero-order valence-electron chi connectivity index (χ0n) is 14.8. The SMILES string of the molecule is Cl.O=C(c1ccc(Br)o1)N(CCN1CCOCC1)c1nc2ccc(Cl)cc2s1. The van der Waals surface area contributed by atoms with Crippen LogP contribution in [-0.4, -0.2) is 55.2 Å². The number of fused-ring (bicyclic) bond motifs is 1. The molecule has 3 aromatic rings. The van der Waals surface area contributed by atoms with Gasteiger partial charge in [0, 0.05) is 31.2 Å². The average molecular weight is 507 g/mol. The summed E-state index contributed by atoms with van der Waals surface area (Å²) in [6.45, 7) is 4.43. The van der Waals surface area contributed by atoms with Crippen LogP contribution in [-0.2, 0) is 4.74 Å². The van der Waals surface area contributed by atoms with Crippen LogP contribution in [0.1, 0.15) is 10.6 Å². The van der Waals surface area contributed by atoms with Crippen LogP contribution < -0.4 is 4.90 Å². The van der Waals surface area contributed by atoms with E-state index in [9.17, 15) is 4.79 Å². The second kappa shape index (κ2) is 9.56. The normalized spacial score (nSPS) is 14.8. The molecule has 4 rings (SSSR count). The molecule has 0 aliphatic carbocycles. The highest BCUT2D eigenvalue weighted by Crippen LogP contribution is 2.32. The van der Waals surface area contributed by atoms with Crippen LogP contribution in [0.2, 0.25) is 5.02 Å². The van der Waals surface area contributed by atoms with E-state index < -0.39 is 0 Å². The van der Waals surface area contributed by atoms with Crippen molar-refractivity contribution in [2.45, 2.75) is 0 Å². The number of carbonyl (C=O) groups is 1. The van der Waals surface area contributed by atoms with Crippen molar-refractivity contribution in [3.8, 4) is 0 Å². The summed E-state index contributed by atoms with van der Waals surface area (Å²) in [6.07, 6.45) is 0. The Morgan fingerprint density at radius 1 is 1.29 bits per heavy atom. The van der Waals surface area contributed by atoms with Crippen molar-refractivity contribution in [3.05, 3.63) is 45.8 Å². The molecule has 0 N–H and O–H groups in total. The number of hydrogen-bond donors (Lipinski definition) is 0. The van der Waals surface area contributed by atoms with Gasteiger partial charge >= 0.3 is 0 Å². The Hall–Kier alpha value is -1.16. The number of thiazole rings is 1. The fourth-order valence-electron chi connectivity index (χ4n) is 2.91. The molecule has 28 heavy (non-hydrogen) atoms. The molecule has 0 saturated carbocycles. The van der Waals surface area contributed by atoms with E-state index in [1.54, 1.807) is 23.1 Å². The molecule has 0 radical (unpaired) electrons. The van der Waals surface area contributed by atoms with E-state index in [-0.39, 0.29) is 24.1 Å². The number of nitrogens with zero attached hydrogens (tertiary/aromatic N) is 3. The summed E-state index contributed by atoms with van der Waals surface area (Å²) in [5, 5.41) is 1.29. The minimum absolute atomic E-state index is 0. The molecule has 1 aromatic carbocycles. The van der Waals surface area contributed by atoms with Crippen LogP contribution in [0.15, 0.2) is 39.4 Å². The number of furan rings is 1. The summed E-state index contributed by atoms with van der Waals surface area (Å²) in [6, 6.07) is 8.92. The first-order chi connectivity index (χ1) is 13.1. The first-order valence-electron chi connectivity index (χ1n) is 8.53. The number of ether oxygens (including phenoxy) is 1. The molecule has 0 atom stereocenters. The lowest BCUT2D eigenvalue weighted by molar-refractivity contribution is 0.0390. The Labute approximate surface area is 185 Å². The van der Waals surface area contributed by atoms with Crippen molar-refractivity contribution < 1.29 is 13.9 Å². The van der Waals surface area contributed by atoms with Gasteiger partial charge in [0.05, 0.1) is 23.4 Å². The predicted octanol–water partition coefficient (Wildman–Crippen LogP) is 4.71. The molecule has 1 aliphatic rings. The van der Waals surface area contributed by atoms with Gasteiger partial charge in [0.25, 0.3) is 5.91 Å². The molecule has 0 unspecified atom stereocenters. The number of rotatable bonds is 5. The van der Waals surface area contributed by atoms with Crippen molar-refractivity contribution in [2.75, 3.05) is 44.3 Å². The number of anilines is 1. The van der Waals surface area contributed by atoms with Gasteiger partial charge < -0.3 is 9.15 Å². The topological polar surface area (TPSA) is 58.8 Å². The van der Waals surface area contributed by atoms with Crippen molar-refractivity contribution >= 4 is 72.5 Å². The lowest BCUT2D eigenvalue weighted by Gasteiger charge is -2.28. The first-order valence-corrected chi connectivity index (χ1v) is 10.5. The third-order valence-electron chi connectivity index (χ3n) is 4.34. The van der Waals surface area contributed by atoms with Crippen molar-refractivity contribution in [1.82, 2.24) is 9.88 Å². The molecule has 0 spiro atoms. The Kier molecular flexibility index (Phi) is 7.36. The molecule has 10 heteroatoms. The summed E-state index contributed by atoms with van der Waals surface area (Å²) in [5.41, 5.74) is 0.823. The number of hydrogen-bond acceptors (Lipinski definition) is 6. The maximum absolute atomic E-state index is 13.1. The van der Waals surface area contributed by atoms with E-state index in [2.05, 4.69) is 25.8 Å². The minimum atomic E-state index is -0.209. The molecule has 150 valence electrons. The third-order valence-corrected chi connectivity index (χ3v) is 6.05. The molecule has 1 amide bonds. The van der Waals surface area contributed by atoms with Gasteiger partial charge in [-0.15, -0.1) is 12.4 Å². The quantitative estimate of drug-likeness (QED) is 0.501. The summed E-state index contributed by atoms with van der Waals surface area (Å²) in [5.74, 6) is 0.0697. The number of amides is 1. The second-order valence-corrected chi connectivity index (χ2v) is 8.35. The lowest BCUT2D eigenvalue weighted by Crippen LogP contribution is -2.43. The summed E-state index contributed by atoms with van der Waals surface area (Å²) in [4.78, 5) is 21.7. The Morgan fingerprint density at radius 2 is 2.07 bits per heavy atom. The Morgan fingerprint density at radius 3 is 2.79 bits per heavy atom. The molecule has 1 fully saturated rings. The van der Waals surface area contributed by atoms with E-state index in [0.717, 1.165) is 43.1 Å². The number of benzene rings is 1. The molecule has 0 bridgehead atoms. The van der Waals surface area contributed by atoms with Gasteiger partial charge in [-0.25, -0.2) is 4.98 Å². The second-order valence-electron chi connectivity index (χ2n) is 6.12. The number of halogens is 3. The molecular weight excluding hydrogens is 489 g/mol. The van der Waals surface area contributed by atoms with Crippen molar-refractivity contribution in [2.24, 2.45) is 0 Å². The Balaban J connectivity index is 0.00000225. The highest BCUT2D eigenvalue weighted by Gasteiger charge is 2.25.